The van der Waals surface area contributed by atoms with Crippen LogP contribution >= 0.6 is 0 Å². The van der Waals surface area contributed by atoms with Crippen molar-refractivity contribution in [2.24, 2.45) is 0 Å². The van der Waals surface area contributed by atoms with Gasteiger partial charge in [-0.3, -0.25) is 0 Å². The highest BCUT2D eigenvalue weighted by Gasteiger charge is 2.32. The Labute approximate surface area is 205 Å². The summed E-state index contributed by atoms with van der Waals surface area (Å²) in [5.41, 5.74) is 7.87. The number of rotatable bonds is 4. The lowest BCUT2D eigenvalue weighted by molar-refractivity contribution is 0.403. The van der Waals surface area contributed by atoms with E-state index in [0.717, 1.165) is 24.3 Å². The van der Waals surface area contributed by atoms with Crippen LogP contribution in [-0.4, -0.2) is 0 Å². The van der Waals surface area contributed by atoms with Gasteiger partial charge < -0.3 is 4.74 Å². The lowest BCUT2D eigenvalue weighted by Crippen LogP contribution is -2.23. The zero-order chi connectivity index (χ0) is 25.6. The Bertz CT molecular complexity index is 828. The normalized spacial score (nSPS) is 13.4. The van der Waals surface area contributed by atoms with Crippen molar-refractivity contribution < 1.29 is 4.74 Å². The fraction of sp³-hybridized carbons (Fsp3) is 0.625. The van der Waals surface area contributed by atoms with Crippen LogP contribution < -0.4 is 4.74 Å². The summed E-state index contributed by atoms with van der Waals surface area (Å²) in [6, 6.07) is 9.49. The number of hydrogen-bond acceptors (Lipinski definition) is 1. The molecule has 1 nitrogen and oxygen atoms in total. The second kappa shape index (κ2) is 9.12. The van der Waals surface area contributed by atoms with Gasteiger partial charge in [-0.1, -0.05) is 121 Å². The van der Waals surface area contributed by atoms with Crippen molar-refractivity contribution in [3.8, 4) is 11.5 Å². The topological polar surface area (TPSA) is 9.23 Å². The van der Waals surface area contributed by atoms with Gasteiger partial charge in [0.25, 0.3) is 0 Å². The van der Waals surface area contributed by atoms with Gasteiger partial charge in [-0.15, -0.1) is 0 Å². The molecule has 0 aliphatic rings. The standard InChI is InChI=1S/C32H50O/c1-15-21-17-23(29(3,4)5)27(24(18-21)30(6,7)8)33-28-25(31(9,10)11)19-22(16-2)20-26(28)32(12,13)14/h17-20H,15-16H2,1-14H3. The van der Waals surface area contributed by atoms with Crippen LogP contribution in [0.5, 0.6) is 11.5 Å². The lowest BCUT2D eigenvalue weighted by atomic mass is 9.77. The minimum absolute atomic E-state index is 0.0202. The van der Waals surface area contributed by atoms with E-state index in [0.29, 0.717) is 0 Å². The molecule has 2 rings (SSSR count). The van der Waals surface area contributed by atoms with Crippen LogP contribution in [0.15, 0.2) is 24.3 Å². The number of aryl methyl sites for hydroxylation is 2. The predicted octanol–water partition coefficient (Wildman–Crippen LogP) is 9.79. The third-order valence-electron chi connectivity index (χ3n) is 6.55. The second-order valence-electron chi connectivity index (χ2n) is 13.8. The molecular formula is C32H50O. The van der Waals surface area contributed by atoms with Gasteiger partial charge in [0.15, 0.2) is 0 Å². The van der Waals surface area contributed by atoms with Gasteiger partial charge in [-0.25, -0.2) is 0 Å². The molecule has 0 aliphatic heterocycles. The number of hydrogen-bond donors (Lipinski definition) is 0. The van der Waals surface area contributed by atoms with E-state index in [1.807, 2.05) is 0 Å². The van der Waals surface area contributed by atoms with E-state index in [-0.39, 0.29) is 21.7 Å². The number of benzene rings is 2. The minimum Gasteiger partial charge on any atom is -0.456 e. The summed E-state index contributed by atoms with van der Waals surface area (Å²) in [5, 5.41) is 0. The quantitative estimate of drug-likeness (QED) is 0.450. The summed E-state index contributed by atoms with van der Waals surface area (Å²) < 4.78 is 7.21. The molecule has 0 atom stereocenters. The van der Waals surface area contributed by atoms with E-state index in [4.69, 9.17) is 4.74 Å². The molecule has 2 aromatic rings. The van der Waals surface area contributed by atoms with E-state index >= 15 is 0 Å². The van der Waals surface area contributed by atoms with Crippen molar-refractivity contribution in [1.29, 1.82) is 0 Å². The summed E-state index contributed by atoms with van der Waals surface area (Å²) in [5.74, 6) is 2.10. The molecule has 0 amide bonds. The zero-order valence-corrected chi connectivity index (χ0v) is 24.1. The monoisotopic (exact) mass is 450 g/mol. The molecule has 0 unspecified atom stereocenters. The first-order chi connectivity index (χ1) is 14.8. The smallest absolute Gasteiger partial charge is 0.134 e. The van der Waals surface area contributed by atoms with Crippen LogP contribution in [0.2, 0.25) is 0 Å². The summed E-state index contributed by atoms with van der Waals surface area (Å²) in [4.78, 5) is 0. The summed E-state index contributed by atoms with van der Waals surface area (Å²) in [7, 11) is 0. The molecular weight excluding hydrogens is 400 g/mol. The predicted molar refractivity (Wildman–Crippen MR) is 147 cm³/mol. The maximum Gasteiger partial charge on any atom is 0.134 e. The van der Waals surface area contributed by atoms with Crippen molar-refractivity contribution in [2.75, 3.05) is 0 Å². The molecule has 2 aromatic carbocycles. The molecule has 0 N–H and O–H groups in total. The molecule has 0 heterocycles. The molecule has 0 fully saturated rings. The maximum atomic E-state index is 7.21. The molecule has 0 bridgehead atoms. The van der Waals surface area contributed by atoms with Gasteiger partial charge in [0.2, 0.25) is 0 Å². The Hall–Kier alpha value is -1.76. The van der Waals surface area contributed by atoms with Crippen molar-refractivity contribution >= 4 is 0 Å². The van der Waals surface area contributed by atoms with Crippen LogP contribution in [0.3, 0.4) is 0 Å². The van der Waals surface area contributed by atoms with Gasteiger partial charge in [0.05, 0.1) is 0 Å². The molecule has 1 heteroatoms. The lowest BCUT2D eigenvalue weighted by Gasteiger charge is -2.34. The van der Waals surface area contributed by atoms with Crippen molar-refractivity contribution in [3.63, 3.8) is 0 Å². The molecule has 33 heavy (non-hydrogen) atoms. The number of ether oxygens (including phenoxy) is 1. The second-order valence-corrected chi connectivity index (χ2v) is 13.8. The zero-order valence-electron chi connectivity index (χ0n) is 24.1. The molecule has 0 aliphatic carbocycles. The van der Waals surface area contributed by atoms with E-state index < -0.39 is 0 Å². The molecule has 184 valence electrons. The van der Waals surface area contributed by atoms with Crippen LogP contribution in [0.4, 0.5) is 0 Å². The van der Waals surface area contributed by atoms with Gasteiger partial charge in [0, 0.05) is 22.3 Å². The Morgan fingerprint density at radius 1 is 0.455 bits per heavy atom. The van der Waals surface area contributed by atoms with E-state index in [9.17, 15) is 0 Å². The van der Waals surface area contributed by atoms with Crippen LogP contribution in [0.25, 0.3) is 0 Å². The summed E-state index contributed by atoms with van der Waals surface area (Å²) >= 11 is 0. The fourth-order valence-corrected chi connectivity index (χ4v) is 4.34. The first kappa shape index (κ1) is 27.5. The van der Waals surface area contributed by atoms with Crippen molar-refractivity contribution in [2.45, 2.75) is 131 Å². The Morgan fingerprint density at radius 3 is 0.818 bits per heavy atom. The van der Waals surface area contributed by atoms with Gasteiger partial charge in [-0.05, 0) is 45.6 Å². The first-order valence-corrected chi connectivity index (χ1v) is 12.8. The van der Waals surface area contributed by atoms with Crippen LogP contribution in [-0.2, 0) is 34.5 Å². The Balaban J connectivity index is 3.01. The summed E-state index contributed by atoms with van der Waals surface area (Å²) in [6.07, 6.45) is 2.05. The van der Waals surface area contributed by atoms with Gasteiger partial charge >= 0.3 is 0 Å². The van der Waals surface area contributed by atoms with Gasteiger partial charge in [-0.2, -0.15) is 0 Å². The Morgan fingerprint density at radius 2 is 0.667 bits per heavy atom. The minimum atomic E-state index is -0.0202. The average Bonchev–Trinajstić information content (AvgIpc) is 2.64. The largest absolute Gasteiger partial charge is 0.456 e. The fourth-order valence-electron chi connectivity index (χ4n) is 4.34. The Kier molecular flexibility index (Phi) is 7.60. The first-order valence-electron chi connectivity index (χ1n) is 12.8. The van der Waals surface area contributed by atoms with Crippen molar-refractivity contribution in [1.82, 2.24) is 0 Å². The highest BCUT2D eigenvalue weighted by Crippen LogP contribution is 2.48. The molecule has 0 saturated carbocycles. The van der Waals surface area contributed by atoms with Crippen LogP contribution in [0.1, 0.15) is 130 Å². The maximum absolute atomic E-state index is 7.21. The highest BCUT2D eigenvalue weighted by molar-refractivity contribution is 5.57. The van der Waals surface area contributed by atoms with E-state index in [1.54, 1.807) is 0 Å². The molecule has 0 saturated heterocycles. The van der Waals surface area contributed by atoms with E-state index in [2.05, 4.69) is 121 Å². The highest BCUT2D eigenvalue weighted by atomic mass is 16.5. The van der Waals surface area contributed by atoms with Gasteiger partial charge in [0.1, 0.15) is 11.5 Å². The SMILES string of the molecule is CCc1cc(C(C)(C)C)c(Oc2c(C(C)(C)C)cc(CC)cc2C(C)(C)C)c(C(C)(C)C)c1. The molecule has 0 radical (unpaired) electrons. The molecule has 0 aromatic heterocycles. The van der Waals surface area contributed by atoms with E-state index in [1.165, 1.54) is 33.4 Å². The third kappa shape index (κ3) is 6.23. The average molecular weight is 451 g/mol. The van der Waals surface area contributed by atoms with Crippen molar-refractivity contribution in [3.05, 3.63) is 57.6 Å². The molecule has 0 spiro atoms. The summed E-state index contributed by atoms with van der Waals surface area (Å²) in [6.45, 7) is 32.1. The third-order valence-corrected chi connectivity index (χ3v) is 6.55. The van der Waals surface area contributed by atoms with Crippen LogP contribution in [0, 0.1) is 0 Å².